The standard InChI is InChI=1S/C23H30N4O2.ClH/c1-17-5-7-18(8-6-17)24-15-19(28)16-26-11-13-27(14-12-26)22-4-2-3-21-20(22)9-10-23(29)25-21;/h2-8,19,24,28H,9-16H2,1H3,(H,25,29);1H. The minimum atomic E-state index is -0.400. The highest BCUT2D eigenvalue weighted by atomic mass is 35.5. The Balaban J connectivity index is 0.00000256. The van der Waals surface area contributed by atoms with Gasteiger partial charge < -0.3 is 20.6 Å². The van der Waals surface area contributed by atoms with Gasteiger partial charge in [-0.1, -0.05) is 23.8 Å². The molecule has 6 nitrogen and oxygen atoms in total. The molecule has 0 spiro atoms. The summed E-state index contributed by atoms with van der Waals surface area (Å²) in [6, 6.07) is 14.4. The number of fused-ring (bicyclic) bond motifs is 1. The van der Waals surface area contributed by atoms with Gasteiger partial charge in [-0.2, -0.15) is 0 Å². The number of nitrogens with one attached hydrogen (secondary N) is 2. The maximum Gasteiger partial charge on any atom is 0.224 e. The van der Waals surface area contributed by atoms with Crippen molar-refractivity contribution in [3.63, 3.8) is 0 Å². The Labute approximate surface area is 184 Å². The van der Waals surface area contributed by atoms with Gasteiger partial charge >= 0.3 is 0 Å². The second-order valence-electron chi connectivity index (χ2n) is 8.04. The van der Waals surface area contributed by atoms with Crippen LogP contribution in [0.1, 0.15) is 17.5 Å². The van der Waals surface area contributed by atoms with Gasteiger partial charge in [-0.25, -0.2) is 0 Å². The monoisotopic (exact) mass is 430 g/mol. The highest BCUT2D eigenvalue weighted by Gasteiger charge is 2.24. The molecule has 7 heteroatoms. The quantitative estimate of drug-likeness (QED) is 0.657. The fourth-order valence-corrected chi connectivity index (χ4v) is 4.14. The van der Waals surface area contributed by atoms with Crippen molar-refractivity contribution in [1.82, 2.24) is 4.90 Å². The fraction of sp³-hybridized carbons (Fsp3) is 0.435. The molecule has 4 rings (SSSR count). The van der Waals surface area contributed by atoms with E-state index in [1.807, 2.05) is 24.3 Å². The normalized spacial score (nSPS) is 17.5. The first-order chi connectivity index (χ1) is 14.1. The van der Waals surface area contributed by atoms with E-state index in [9.17, 15) is 9.90 Å². The summed E-state index contributed by atoms with van der Waals surface area (Å²) in [7, 11) is 0. The minimum Gasteiger partial charge on any atom is -0.390 e. The lowest BCUT2D eigenvalue weighted by molar-refractivity contribution is -0.116. The van der Waals surface area contributed by atoms with Crippen molar-refractivity contribution in [2.24, 2.45) is 0 Å². The summed E-state index contributed by atoms with van der Waals surface area (Å²) in [6.07, 6.45) is 0.966. The number of benzene rings is 2. The molecule has 1 fully saturated rings. The van der Waals surface area contributed by atoms with Gasteiger partial charge in [0.25, 0.3) is 0 Å². The molecular weight excluding hydrogens is 400 g/mol. The molecule has 0 aromatic heterocycles. The summed E-state index contributed by atoms with van der Waals surface area (Å²) in [5, 5.41) is 16.7. The number of hydrogen-bond acceptors (Lipinski definition) is 5. The van der Waals surface area contributed by atoms with E-state index in [4.69, 9.17) is 0 Å². The molecule has 0 bridgehead atoms. The van der Waals surface area contributed by atoms with E-state index in [-0.39, 0.29) is 18.3 Å². The number of halogens is 1. The van der Waals surface area contributed by atoms with Crippen molar-refractivity contribution in [2.75, 3.05) is 54.8 Å². The van der Waals surface area contributed by atoms with Crippen LogP contribution in [-0.2, 0) is 11.2 Å². The summed E-state index contributed by atoms with van der Waals surface area (Å²) in [5.74, 6) is 0.104. The van der Waals surface area contributed by atoms with Crippen LogP contribution in [0.3, 0.4) is 0 Å². The van der Waals surface area contributed by atoms with Crippen LogP contribution in [0.15, 0.2) is 42.5 Å². The maximum atomic E-state index is 11.7. The van der Waals surface area contributed by atoms with E-state index in [2.05, 4.69) is 45.6 Å². The highest BCUT2D eigenvalue weighted by molar-refractivity contribution is 5.95. The second kappa shape index (κ2) is 10.2. The van der Waals surface area contributed by atoms with Crippen molar-refractivity contribution in [2.45, 2.75) is 25.9 Å². The molecule has 1 saturated heterocycles. The molecule has 1 unspecified atom stereocenters. The van der Waals surface area contributed by atoms with E-state index < -0.39 is 6.10 Å². The van der Waals surface area contributed by atoms with Crippen LogP contribution in [0.5, 0.6) is 0 Å². The maximum absolute atomic E-state index is 11.7. The second-order valence-corrected chi connectivity index (χ2v) is 8.04. The molecule has 2 aliphatic heterocycles. The largest absolute Gasteiger partial charge is 0.390 e. The molecule has 2 aromatic carbocycles. The lowest BCUT2D eigenvalue weighted by atomic mass is 10.00. The highest BCUT2D eigenvalue weighted by Crippen LogP contribution is 2.32. The third-order valence-electron chi connectivity index (χ3n) is 5.80. The summed E-state index contributed by atoms with van der Waals surface area (Å²) in [6.45, 7) is 7.02. The van der Waals surface area contributed by atoms with Crippen LogP contribution >= 0.6 is 12.4 Å². The summed E-state index contributed by atoms with van der Waals surface area (Å²) >= 11 is 0. The van der Waals surface area contributed by atoms with Crippen LogP contribution in [0.25, 0.3) is 0 Å². The molecule has 2 heterocycles. The summed E-state index contributed by atoms with van der Waals surface area (Å²) in [4.78, 5) is 16.4. The zero-order chi connectivity index (χ0) is 20.2. The lowest BCUT2D eigenvalue weighted by Crippen LogP contribution is -2.49. The smallest absolute Gasteiger partial charge is 0.224 e. The zero-order valence-electron chi connectivity index (χ0n) is 17.4. The molecule has 1 amide bonds. The Morgan fingerprint density at radius 2 is 1.80 bits per heavy atom. The lowest BCUT2D eigenvalue weighted by Gasteiger charge is -2.38. The van der Waals surface area contributed by atoms with Crippen molar-refractivity contribution in [3.8, 4) is 0 Å². The van der Waals surface area contributed by atoms with Crippen molar-refractivity contribution in [1.29, 1.82) is 0 Å². The average molecular weight is 431 g/mol. The Bertz CT molecular complexity index is 851. The molecule has 2 aromatic rings. The van der Waals surface area contributed by atoms with Gasteiger partial charge in [-0.3, -0.25) is 9.69 Å². The minimum absolute atomic E-state index is 0. The van der Waals surface area contributed by atoms with Crippen LogP contribution in [0.4, 0.5) is 17.1 Å². The van der Waals surface area contributed by atoms with Crippen molar-refractivity contribution >= 4 is 35.4 Å². The molecule has 1 atom stereocenters. The van der Waals surface area contributed by atoms with E-state index in [0.717, 1.165) is 44.0 Å². The number of piperazine rings is 1. The molecule has 0 radical (unpaired) electrons. The predicted octanol–water partition coefficient (Wildman–Crippen LogP) is 2.90. The number of carbonyl (C=O) groups excluding carboxylic acids is 1. The first-order valence-corrected chi connectivity index (χ1v) is 10.5. The topological polar surface area (TPSA) is 67.8 Å². The fourth-order valence-electron chi connectivity index (χ4n) is 4.14. The number of amides is 1. The first kappa shape index (κ1) is 22.4. The molecule has 0 saturated carbocycles. The third kappa shape index (κ3) is 5.45. The van der Waals surface area contributed by atoms with E-state index in [1.165, 1.54) is 16.8 Å². The van der Waals surface area contributed by atoms with Crippen LogP contribution in [0.2, 0.25) is 0 Å². The number of aryl methyl sites for hydroxylation is 1. The average Bonchev–Trinajstić information content (AvgIpc) is 2.73. The van der Waals surface area contributed by atoms with Crippen LogP contribution < -0.4 is 15.5 Å². The van der Waals surface area contributed by atoms with Gasteiger partial charge in [0, 0.05) is 62.8 Å². The molecular formula is C23H31ClN4O2. The van der Waals surface area contributed by atoms with Gasteiger partial charge in [0.2, 0.25) is 5.91 Å². The summed E-state index contributed by atoms with van der Waals surface area (Å²) in [5.41, 5.74) is 5.72. The van der Waals surface area contributed by atoms with E-state index in [0.29, 0.717) is 19.5 Å². The number of aliphatic hydroxyl groups is 1. The van der Waals surface area contributed by atoms with E-state index in [1.54, 1.807) is 0 Å². The van der Waals surface area contributed by atoms with Gasteiger partial charge in [0.05, 0.1) is 6.10 Å². The number of rotatable bonds is 6. The number of aliphatic hydroxyl groups excluding tert-OH is 1. The van der Waals surface area contributed by atoms with Gasteiger partial charge in [0.15, 0.2) is 0 Å². The number of carbonyl (C=O) groups is 1. The molecule has 30 heavy (non-hydrogen) atoms. The Hall–Kier alpha value is -2.28. The predicted molar refractivity (Wildman–Crippen MR) is 125 cm³/mol. The first-order valence-electron chi connectivity index (χ1n) is 10.5. The number of hydrogen-bond donors (Lipinski definition) is 3. The van der Waals surface area contributed by atoms with Crippen molar-refractivity contribution in [3.05, 3.63) is 53.6 Å². The van der Waals surface area contributed by atoms with Gasteiger partial charge in [-0.15, -0.1) is 12.4 Å². The SMILES string of the molecule is Cc1ccc(NCC(O)CN2CCN(c3cccc4c3CCC(=O)N4)CC2)cc1.Cl. The number of β-amino-alcohol motifs (C(OH)–C–C–N with tert-alkyl or cyclic N) is 1. The molecule has 2 aliphatic rings. The van der Waals surface area contributed by atoms with Crippen LogP contribution in [0, 0.1) is 6.92 Å². The zero-order valence-corrected chi connectivity index (χ0v) is 18.3. The third-order valence-corrected chi connectivity index (χ3v) is 5.80. The number of anilines is 3. The van der Waals surface area contributed by atoms with Crippen molar-refractivity contribution < 1.29 is 9.90 Å². The molecule has 3 N–H and O–H groups in total. The summed E-state index contributed by atoms with van der Waals surface area (Å²) < 4.78 is 0. The Morgan fingerprint density at radius 3 is 2.53 bits per heavy atom. The van der Waals surface area contributed by atoms with Gasteiger partial charge in [0.1, 0.15) is 0 Å². The molecule has 0 aliphatic carbocycles. The van der Waals surface area contributed by atoms with E-state index >= 15 is 0 Å². The number of nitrogens with zero attached hydrogens (tertiary/aromatic N) is 2. The Morgan fingerprint density at radius 1 is 1.07 bits per heavy atom. The molecule has 162 valence electrons. The Kier molecular flexibility index (Phi) is 7.58. The van der Waals surface area contributed by atoms with Crippen LogP contribution in [-0.4, -0.2) is 61.3 Å². The van der Waals surface area contributed by atoms with Gasteiger partial charge in [-0.05, 0) is 43.2 Å².